The monoisotopic (exact) mass is 368 g/mol. The van der Waals surface area contributed by atoms with Gasteiger partial charge in [0.15, 0.2) is 0 Å². The number of nitro groups is 1. The second-order valence-electron chi connectivity index (χ2n) is 4.29. The topological polar surface area (TPSA) is 72.2 Å². The minimum atomic E-state index is -0.545. The zero-order valence-corrected chi connectivity index (χ0v) is 13.2. The minimum Gasteiger partial charge on any atom is -0.320 e. The lowest BCUT2D eigenvalue weighted by Crippen LogP contribution is -2.14. The van der Waals surface area contributed by atoms with Crippen molar-refractivity contribution < 1.29 is 9.72 Å². The quantitative estimate of drug-likeness (QED) is 0.636. The van der Waals surface area contributed by atoms with Crippen molar-refractivity contribution in [2.24, 2.45) is 0 Å². The lowest BCUT2D eigenvalue weighted by atomic mass is 10.1. The number of nitro benzene ring substituents is 1. The summed E-state index contributed by atoms with van der Waals surface area (Å²) in [4.78, 5) is 22.5. The first kappa shape index (κ1) is 15.5. The molecule has 0 saturated heterocycles. The molecule has 0 bridgehead atoms. The number of anilines is 1. The van der Waals surface area contributed by atoms with Gasteiger partial charge in [-0.2, -0.15) is 0 Å². The third kappa shape index (κ3) is 3.40. The Hall–Kier alpha value is -1.92. The smallest absolute Gasteiger partial charge is 0.271 e. The predicted octanol–water partition coefficient (Wildman–Crippen LogP) is 4.57. The van der Waals surface area contributed by atoms with Crippen LogP contribution in [0.2, 0.25) is 5.02 Å². The highest BCUT2D eigenvalue weighted by Gasteiger charge is 2.15. The van der Waals surface area contributed by atoms with Gasteiger partial charge in [0.2, 0.25) is 0 Å². The van der Waals surface area contributed by atoms with Crippen LogP contribution in [0.15, 0.2) is 40.9 Å². The van der Waals surface area contributed by atoms with Crippen molar-refractivity contribution in [3.63, 3.8) is 0 Å². The van der Waals surface area contributed by atoms with Crippen molar-refractivity contribution in [3.8, 4) is 0 Å². The number of nitrogens with one attached hydrogen (secondary N) is 1. The Morgan fingerprint density at radius 3 is 2.71 bits per heavy atom. The Labute approximate surface area is 134 Å². The standard InChI is InChI=1S/C14H10BrClN2O3/c1-8-10(3-2-4-11(8)15)14(19)17-13-7-9(18(20)21)5-6-12(13)16/h2-7H,1H3,(H,17,19). The number of halogens is 2. The first-order chi connectivity index (χ1) is 9.90. The van der Waals surface area contributed by atoms with E-state index in [4.69, 9.17) is 11.6 Å². The number of benzene rings is 2. The van der Waals surface area contributed by atoms with Crippen LogP contribution in [0.5, 0.6) is 0 Å². The third-order valence-corrected chi connectivity index (χ3v) is 4.11. The maximum absolute atomic E-state index is 12.3. The SMILES string of the molecule is Cc1c(Br)cccc1C(=O)Nc1cc([N+](=O)[O-])ccc1Cl. The van der Waals surface area contributed by atoms with Crippen LogP contribution in [0, 0.1) is 17.0 Å². The Balaban J connectivity index is 2.33. The van der Waals surface area contributed by atoms with Gasteiger partial charge in [-0.15, -0.1) is 0 Å². The number of hydrogen-bond donors (Lipinski definition) is 1. The van der Waals surface area contributed by atoms with Crippen LogP contribution >= 0.6 is 27.5 Å². The molecule has 5 nitrogen and oxygen atoms in total. The molecular weight excluding hydrogens is 360 g/mol. The lowest BCUT2D eigenvalue weighted by Gasteiger charge is -2.10. The normalized spacial score (nSPS) is 10.2. The van der Waals surface area contributed by atoms with Gasteiger partial charge in [0.1, 0.15) is 0 Å². The van der Waals surface area contributed by atoms with E-state index in [0.717, 1.165) is 10.0 Å². The minimum absolute atomic E-state index is 0.138. The van der Waals surface area contributed by atoms with Gasteiger partial charge in [-0.1, -0.05) is 33.6 Å². The van der Waals surface area contributed by atoms with E-state index in [1.54, 1.807) is 19.1 Å². The summed E-state index contributed by atoms with van der Waals surface area (Å²) in [5.41, 5.74) is 1.31. The van der Waals surface area contributed by atoms with Gasteiger partial charge in [-0.05, 0) is 30.7 Å². The van der Waals surface area contributed by atoms with Gasteiger partial charge < -0.3 is 5.32 Å². The molecule has 0 saturated carbocycles. The fourth-order valence-corrected chi connectivity index (χ4v) is 2.30. The summed E-state index contributed by atoms with van der Waals surface area (Å²) < 4.78 is 0.806. The largest absolute Gasteiger partial charge is 0.320 e. The van der Waals surface area contributed by atoms with Gasteiger partial charge in [-0.3, -0.25) is 14.9 Å². The molecule has 0 spiro atoms. The fourth-order valence-electron chi connectivity index (χ4n) is 1.77. The lowest BCUT2D eigenvalue weighted by molar-refractivity contribution is -0.384. The van der Waals surface area contributed by atoms with E-state index in [0.29, 0.717) is 5.56 Å². The third-order valence-electron chi connectivity index (χ3n) is 2.92. The summed E-state index contributed by atoms with van der Waals surface area (Å²) in [6.07, 6.45) is 0. The number of amides is 1. The molecule has 7 heteroatoms. The van der Waals surface area contributed by atoms with Crippen LogP contribution in [0.1, 0.15) is 15.9 Å². The van der Waals surface area contributed by atoms with E-state index in [9.17, 15) is 14.9 Å². The van der Waals surface area contributed by atoms with Gasteiger partial charge in [0.25, 0.3) is 11.6 Å². The predicted molar refractivity (Wildman–Crippen MR) is 84.9 cm³/mol. The summed E-state index contributed by atoms with van der Waals surface area (Å²) >= 11 is 9.31. The zero-order chi connectivity index (χ0) is 15.6. The molecule has 0 aliphatic heterocycles. The first-order valence-electron chi connectivity index (χ1n) is 5.90. The highest BCUT2D eigenvalue weighted by atomic mass is 79.9. The van der Waals surface area contributed by atoms with Crippen molar-refractivity contribution in [2.75, 3.05) is 5.32 Å². The number of nitrogens with zero attached hydrogens (tertiary/aromatic N) is 1. The fraction of sp³-hybridized carbons (Fsp3) is 0.0714. The van der Waals surface area contributed by atoms with Gasteiger partial charge >= 0.3 is 0 Å². The number of rotatable bonds is 3. The van der Waals surface area contributed by atoms with Crippen LogP contribution in [-0.4, -0.2) is 10.8 Å². The first-order valence-corrected chi connectivity index (χ1v) is 7.07. The molecule has 108 valence electrons. The van der Waals surface area contributed by atoms with Crippen molar-refractivity contribution in [1.82, 2.24) is 0 Å². The molecule has 2 aromatic carbocycles. The molecule has 21 heavy (non-hydrogen) atoms. The zero-order valence-electron chi connectivity index (χ0n) is 10.9. The van der Waals surface area contributed by atoms with E-state index in [1.807, 2.05) is 6.07 Å². The van der Waals surface area contributed by atoms with Gasteiger partial charge in [-0.25, -0.2) is 0 Å². The van der Waals surface area contributed by atoms with E-state index in [1.165, 1.54) is 18.2 Å². The molecule has 1 amide bonds. The molecule has 0 radical (unpaired) electrons. The van der Waals surface area contributed by atoms with Crippen LogP contribution in [0.3, 0.4) is 0 Å². The number of non-ortho nitro benzene ring substituents is 1. The average molecular weight is 370 g/mol. The second-order valence-corrected chi connectivity index (χ2v) is 5.55. The molecule has 0 unspecified atom stereocenters. The summed E-state index contributed by atoms with van der Waals surface area (Å²) in [5, 5.41) is 13.6. The van der Waals surface area contributed by atoms with Crippen LogP contribution in [-0.2, 0) is 0 Å². The number of hydrogen-bond acceptors (Lipinski definition) is 3. The van der Waals surface area contributed by atoms with Crippen LogP contribution < -0.4 is 5.32 Å². The van der Waals surface area contributed by atoms with Crippen molar-refractivity contribution in [2.45, 2.75) is 6.92 Å². The van der Waals surface area contributed by atoms with Crippen LogP contribution in [0.4, 0.5) is 11.4 Å². The van der Waals surface area contributed by atoms with Crippen molar-refractivity contribution in [3.05, 3.63) is 67.1 Å². The summed E-state index contributed by atoms with van der Waals surface area (Å²) in [6, 6.07) is 9.12. The molecule has 2 rings (SSSR count). The summed E-state index contributed by atoms with van der Waals surface area (Å²) in [5.74, 6) is -0.379. The molecule has 0 atom stereocenters. The summed E-state index contributed by atoms with van der Waals surface area (Å²) in [7, 11) is 0. The van der Waals surface area contributed by atoms with E-state index < -0.39 is 4.92 Å². The van der Waals surface area contributed by atoms with E-state index in [2.05, 4.69) is 21.2 Å². The Morgan fingerprint density at radius 1 is 1.33 bits per heavy atom. The molecule has 0 aliphatic rings. The Morgan fingerprint density at radius 2 is 2.05 bits per heavy atom. The Bertz CT molecular complexity index is 734. The average Bonchev–Trinajstić information content (AvgIpc) is 2.43. The van der Waals surface area contributed by atoms with E-state index in [-0.39, 0.29) is 22.3 Å². The molecule has 0 aromatic heterocycles. The Kier molecular flexibility index (Phi) is 4.59. The van der Waals surface area contributed by atoms with Gasteiger partial charge in [0.05, 0.1) is 15.6 Å². The maximum Gasteiger partial charge on any atom is 0.271 e. The maximum atomic E-state index is 12.3. The summed E-state index contributed by atoms with van der Waals surface area (Å²) in [6.45, 7) is 1.80. The molecule has 2 aromatic rings. The van der Waals surface area contributed by atoms with Crippen LogP contribution in [0.25, 0.3) is 0 Å². The number of carbonyl (C=O) groups excluding carboxylic acids is 1. The molecular formula is C14H10BrClN2O3. The molecule has 0 fully saturated rings. The van der Waals surface area contributed by atoms with Crippen molar-refractivity contribution in [1.29, 1.82) is 0 Å². The molecule has 1 N–H and O–H groups in total. The number of carbonyl (C=O) groups is 1. The van der Waals surface area contributed by atoms with Gasteiger partial charge in [0, 0.05) is 22.2 Å². The molecule has 0 heterocycles. The van der Waals surface area contributed by atoms with E-state index >= 15 is 0 Å². The highest BCUT2D eigenvalue weighted by molar-refractivity contribution is 9.10. The van der Waals surface area contributed by atoms with Crippen molar-refractivity contribution >= 4 is 44.8 Å². The highest BCUT2D eigenvalue weighted by Crippen LogP contribution is 2.28. The second kappa shape index (κ2) is 6.24. The molecule has 0 aliphatic carbocycles.